The third kappa shape index (κ3) is 4.80. The quantitative estimate of drug-likeness (QED) is 0.263. The number of hydrogen-bond acceptors (Lipinski definition) is 7. The van der Waals surface area contributed by atoms with Crippen LogP contribution in [0.1, 0.15) is 81.5 Å². The molecule has 0 spiro atoms. The predicted octanol–water partition coefficient (Wildman–Crippen LogP) is 5.66. The lowest BCUT2D eigenvalue weighted by Crippen LogP contribution is -2.62. The summed E-state index contributed by atoms with van der Waals surface area (Å²) in [5.74, 6) is -6.91. The Kier molecular flexibility index (Phi) is 7.92. The summed E-state index contributed by atoms with van der Waals surface area (Å²) in [5, 5.41) is 45.7. The van der Waals surface area contributed by atoms with Crippen LogP contribution in [0.15, 0.2) is 47.2 Å². The monoisotopic (exact) mass is 613 g/mol. The average Bonchev–Trinajstić information content (AvgIpc) is 2.99. The third-order valence-electron chi connectivity index (χ3n) is 10.9. The van der Waals surface area contributed by atoms with E-state index in [1.165, 1.54) is 43.7 Å². The molecule has 2 aromatic rings. The summed E-state index contributed by atoms with van der Waals surface area (Å²) in [6, 6.07) is 9.96. The molecule has 1 amide bonds. The molecule has 4 aliphatic rings. The number of Topliss-reactive ketones (excluding diaryl/α,β-unsaturated/α-hetero) is 2. The average molecular weight is 614 g/mol. The Labute approximate surface area is 263 Å². The molecule has 0 saturated heterocycles. The number of phenolic OH excluding ortho intramolecular Hbond substituents is 1. The molecule has 238 valence electrons. The molecule has 2 saturated carbocycles. The standard InChI is InChI=1S/C37H43NO7/c1-4-21-11-10-20(14-19-8-6-5-7-9-19)15-24(21)23-12-13-27(39)30-25(23)16-22-17-26-28(18(2)3)32(40)31(36(38)44)35(43)37(26,45)34(42)29(22)33(30)41/h10-13,15,18-19,22,26,28,39,41,43,45H,4-9,14,16-17H2,1-3H3,(H2,38,44)/t22-,26-,28-,37-/m0/s1. The van der Waals surface area contributed by atoms with E-state index in [2.05, 4.69) is 25.1 Å². The number of aliphatic hydroxyl groups excluding tert-OH is 2. The number of carbonyl (C=O) groups excluding carboxylic acids is 3. The normalized spacial score (nSPS) is 27.0. The van der Waals surface area contributed by atoms with E-state index >= 15 is 0 Å². The molecule has 4 aliphatic carbocycles. The van der Waals surface area contributed by atoms with Gasteiger partial charge in [0.15, 0.2) is 11.4 Å². The fraction of sp³-hybridized carbons (Fsp3) is 0.486. The van der Waals surface area contributed by atoms with E-state index in [9.17, 15) is 34.8 Å². The van der Waals surface area contributed by atoms with Gasteiger partial charge in [-0.2, -0.15) is 0 Å². The molecule has 6 N–H and O–H groups in total. The van der Waals surface area contributed by atoms with Crippen LogP contribution in [0, 0.1) is 29.6 Å². The van der Waals surface area contributed by atoms with Crippen LogP contribution in [0.5, 0.6) is 5.75 Å². The molecule has 0 aromatic heterocycles. The number of aryl methyl sites for hydroxylation is 1. The second kappa shape index (κ2) is 11.5. The number of aliphatic hydroxyl groups is 3. The minimum Gasteiger partial charge on any atom is -0.508 e. The third-order valence-corrected chi connectivity index (χ3v) is 10.9. The number of aromatic hydroxyl groups is 1. The Hall–Kier alpha value is -3.91. The van der Waals surface area contributed by atoms with Gasteiger partial charge in [0.1, 0.15) is 22.8 Å². The van der Waals surface area contributed by atoms with E-state index in [-0.39, 0.29) is 35.6 Å². The zero-order chi connectivity index (χ0) is 32.4. The highest BCUT2D eigenvalue weighted by atomic mass is 16.3. The van der Waals surface area contributed by atoms with Gasteiger partial charge in [0.25, 0.3) is 5.91 Å². The second-order valence-corrected chi connectivity index (χ2v) is 13.9. The SMILES string of the molecule is CCc1ccc(CC2CCCCC2)cc1-c1ccc(O)c2c1C[C@H]1C[C@H]3[C@H](C(C)C)C(=O)C(C(N)=O)=C(O)[C@@]3(O)C(=O)C1=C2O. The van der Waals surface area contributed by atoms with Crippen molar-refractivity contribution >= 4 is 23.2 Å². The van der Waals surface area contributed by atoms with Crippen LogP contribution in [-0.2, 0) is 33.6 Å². The number of benzene rings is 2. The van der Waals surface area contributed by atoms with E-state index in [0.29, 0.717) is 11.5 Å². The number of fused-ring (bicyclic) bond motifs is 3. The van der Waals surface area contributed by atoms with Gasteiger partial charge >= 0.3 is 0 Å². The van der Waals surface area contributed by atoms with Crippen molar-refractivity contribution in [2.45, 2.75) is 84.2 Å². The van der Waals surface area contributed by atoms with Crippen LogP contribution < -0.4 is 5.73 Å². The Morgan fingerprint density at radius 1 is 1.02 bits per heavy atom. The maximum atomic E-state index is 14.2. The van der Waals surface area contributed by atoms with E-state index in [0.717, 1.165) is 29.5 Å². The summed E-state index contributed by atoms with van der Waals surface area (Å²) in [6.45, 7) is 5.61. The summed E-state index contributed by atoms with van der Waals surface area (Å²) in [4.78, 5) is 39.9. The first kappa shape index (κ1) is 31.1. The predicted molar refractivity (Wildman–Crippen MR) is 170 cm³/mol. The number of rotatable bonds is 6. The summed E-state index contributed by atoms with van der Waals surface area (Å²) in [5.41, 5.74) is 7.02. The maximum absolute atomic E-state index is 14.2. The molecule has 4 atom stereocenters. The minimum atomic E-state index is -2.61. The van der Waals surface area contributed by atoms with Gasteiger partial charge in [0, 0.05) is 17.4 Å². The molecule has 8 heteroatoms. The Balaban J connectivity index is 1.49. The van der Waals surface area contributed by atoms with E-state index in [4.69, 9.17) is 5.73 Å². The Morgan fingerprint density at radius 2 is 1.73 bits per heavy atom. The van der Waals surface area contributed by atoms with Gasteiger partial charge in [0.2, 0.25) is 5.78 Å². The number of nitrogens with two attached hydrogens (primary N) is 1. The summed E-state index contributed by atoms with van der Waals surface area (Å²) in [7, 11) is 0. The number of primary amides is 1. The number of ketones is 2. The highest BCUT2D eigenvalue weighted by Gasteiger charge is 2.64. The first-order chi connectivity index (χ1) is 21.4. The second-order valence-electron chi connectivity index (χ2n) is 13.9. The van der Waals surface area contributed by atoms with Gasteiger partial charge < -0.3 is 26.2 Å². The fourth-order valence-electron chi connectivity index (χ4n) is 8.77. The zero-order valence-corrected chi connectivity index (χ0v) is 26.2. The first-order valence-corrected chi connectivity index (χ1v) is 16.3. The molecule has 0 radical (unpaired) electrons. The minimum absolute atomic E-state index is 0.100. The molecule has 2 fully saturated rings. The fourth-order valence-corrected chi connectivity index (χ4v) is 8.77. The molecule has 45 heavy (non-hydrogen) atoms. The van der Waals surface area contributed by atoms with Crippen LogP contribution in [0.4, 0.5) is 0 Å². The number of carbonyl (C=O) groups is 3. The summed E-state index contributed by atoms with van der Waals surface area (Å²) >= 11 is 0. The molecular weight excluding hydrogens is 570 g/mol. The molecular formula is C37H43NO7. The zero-order valence-electron chi connectivity index (χ0n) is 26.2. The van der Waals surface area contributed by atoms with Gasteiger partial charge in [-0.05, 0) is 77.3 Å². The van der Waals surface area contributed by atoms with Crippen LogP contribution in [0.25, 0.3) is 16.9 Å². The van der Waals surface area contributed by atoms with Crippen LogP contribution in [0.2, 0.25) is 0 Å². The Bertz CT molecular complexity index is 1660. The van der Waals surface area contributed by atoms with Crippen molar-refractivity contribution < 1.29 is 34.8 Å². The van der Waals surface area contributed by atoms with Crippen molar-refractivity contribution in [2.24, 2.45) is 35.3 Å². The highest BCUT2D eigenvalue weighted by molar-refractivity contribution is 6.23. The van der Waals surface area contributed by atoms with E-state index in [1.54, 1.807) is 13.8 Å². The van der Waals surface area contributed by atoms with Crippen molar-refractivity contribution in [3.8, 4) is 16.9 Å². The number of hydrogen-bond donors (Lipinski definition) is 5. The van der Waals surface area contributed by atoms with Crippen molar-refractivity contribution in [3.63, 3.8) is 0 Å². The van der Waals surface area contributed by atoms with Crippen molar-refractivity contribution in [1.29, 1.82) is 0 Å². The van der Waals surface area contributed by atoms with E-state index in [1.807, 2.05) is 6.07 Å². The lowest BCUT2D eigenvalue weighted by Gasteiger charge is -2.50. The lowest BCUT2D eigenvalue weighted by atomic mass is 9.54. The van der Waals surface area contributed by atoms with Crippen molar-refractivity contribution in [1.82, 2.24) is 0 Å². The smallest absolute Gasteiger partial charge is 0.255 e. The topological polar surface area (TPSA) is 158 Å². The summed E-state index contributed by atoms with van der Waals surface area (Å²) in [6.07, 6.45) is 8.45. The van der Waals surface area contributed by atoms with Gasteiger partial charge in [-0.3, -0.25) is 14.4 Å². The van der Waals surface area contributed by atoms with Gasteiger partial charge in [0.05, 0.1) is 5.56 Å². The highest BCUT2D eigenvalue weighted by Crippen LogP contribution is 2.55. The van der Waals surface area contributed by atoms with Crippen LogP contribution >= 0.6 is 0 Å². The summed E-state index contributed by atoms with van der Waals surface area (Å²) < 4.78 is 0. The molecule has 0 bridgehead atoms. The number of phenols is 1. The molecule has 0 unspecified atom stereocenters. The van der Waals surface area contributed by atoms with Crippen LogP contribution in [0.3, 0.4) is 0 Å². The Morgan fingerprint density at radius 3 is 2.38 bits per heavy atom. The maximum Gasteiger partial charge on any atom is 0.255 e. The molecule has 6 rings (SSSR count). The molecule has 0 aliphatic heterocycles. The van der Waals surface area contributed by atoms with Crippen molar-refractivity contribution in [2.75, 3.05) is 0 Å². The molecule has 2 aromatic carbocycles. The van der Waals surface area contributed by atoms with Crippen molar-refractivity contribution in [3.05, 3.63) is 69.5 Å². The molecule has 0 heterocycles. The largest absolute Gasteiger partial charge is 0.508 e. The van der Waals surface area contributed by atoms with Gasteiger partial charge in [-0.25, -0.2) is 0 Å². The van der Waals surface area contributed by atoms with Gasteiger partial charge in [-0.1, -0.05) is 77.1 Å². The van der Waals surface area contributed by atoms with Gasteiger partial charge in [-0.15, -0.1) is 0 Å². The lowest BCUT2D eigenvalue weighted by molar-refractivity contribution is -0.155. The first-order valence-electron chi connectivity index (χ1n) is 16.3. The van der Waals surface area contributed by atoms with E-state index < -0.39 is 57.9 Å². The molecule has 8 nitrogen and oxygen atoms in total. The number of amides is 1. The van der Waals surface area contributed by atoms with Crippen LogP contribution in [-0.4, -0.2) is 43.5 Å².